The number of anilines is 1. The predicted molar refractivity (Wildman–Crippen MR) is 58.0 cm³/mol. The molecular weight excluding hydrogens is 176 g/mol. The third-order valence-corrected chi connectivity index (χ3v) is 2.19. The van der Waals surface area contributed by atoms with Crippen LogP contribution < -0.4 is 11.1 Å². The summed E-state index contributed by atoms with van der Waals surface area (Å²) in [5.74, 6) is 1.36. The van der Waals surface area contributed by atoms with Crippen LogP contribution in [0.25, 0.3) is 0 Å². The molecule has 1 rings (SSSR count). The van der Waals surface area contributed by atoms with Crippen molar-refractivity contribution >= 4 is 5.82 Å². The monoisotopic (exact) mass is 194 g/mol. The predicted octanol–water partition coefficient (Wildman–Crippen LogP) is 1.26. The normalized spacial score (nSPS) is 12.9. The SMILES string of the molecule is CC(C)C(CCN)Nc1cccnn1. The van der Waals surface area contributed by atoms with Crippen molar-refractivity contribution in [2.75, 3.05) is 11.9 Å². The van der Waals surface area contributed by atoms with Gasteiger partial charge in [0.05, 0.1) is 0 Å². The average molecular weight is 194 g/mol. The van der Waals surface area contributed by atoms with Gasteiger partial charge in [0.15, 0.2) is 0 Å². The van der Waals surface area contributed by atoms with Crippen molar-refractivity contribution in [2.45, 2.75) is 26.3 Å². The van der Waals surface area contributed by atoms with Crippen LogP contribution in [0.2, 0.25) is 0 Å². The van der Waals surface area contributed by atoms with Gasteiger partial charge in [0.2, 0.25) is 0 Å². The Morgan fingerprint density at radius 2 is 2.29 bits per heavy atom. The van der Waals surface area contributed by atoms with Gasteiger partial charge in [0, 0.05) is 12.2 Å². The average Bonchev–Trinajstić information content (AvgIpc) is 2.18. The molecule has 1 aromatic rings. The van der Waals surface area contributed by atoms with E-state index < -0.39 is 0 Å². The maximum Gasteiger partial charge on any atom is 0.148 e. The lowest BCUT2D eigenvalue weighted by molar-refractivity contribution is 0.497. The second-order valence-corrected chi connectivity index (χ2v) is 3.68. The maximum atomic E-state index is 5.54. The quantitative estimate of drug-likeness (QED) is 0.740. The molecule has 0 bridgehead atoms. The Morgan fingerprint density at radius 1 is 1.50 bits per heavy atom. The van der Waals surface area contributed by atoms with Gasteiger partial charge in [-0.15, -0.1) is 5.10 Å². The molecule has 4 heteroatoms. The molecule has 0 fully saturated rings. The van der Waals surface area contributed by atoms with E-state index in [-0.39, 0.29) is 0 Å². The fraction of sp³-hybridized carbons (Fsp3) is 0.600. The van der Waals surface area contributed by atoms with E-state index in [0.717, 1.165) is 12.2 Å². The van der Waals surface area contributed by atoms with E-state index in [2.05, 4.69) is 29.4 Å². The van der Waals surface area contributed by atoms with Crippen molar-refractivity contribution in [1.29, 1.82) is 0 Å². The molecule has 3 N–H and O–H groups in total. The molecule has 0 saturated carbocycles. The zero-order valence-electron chi connectivity index (χ0n) is 8.77. The fourth-order valence-electron chi connectivity index (χ4n) is 1.32. The summed E-state index contributed by atoms with van der Waals surface area (Å²) >= 11 is 0. The molecule has 0 radical (unpaired) electrons. The Morgan fingerprint density at radius 3 is 2.79 bits per heavy atom. The lowest BCUT2D eigenvalue weighted by atomic mass is 10.0. The molecular formula is C10H18N4. The first-order valence-electron chi connectivity index (χ1n) is 4.98. The highest BCUT2D eigenvalue weighted by Crippen LogP contribution is 2.11. The highest BCUT2D eigenvalue weighted by molar-refractivity contribution is 5.32. The van der Waals surface area contributed by atoms with E-state index in [0.29, 0.717) is 18.5 Å². The third-order valence-electron chi connectivity index (χ3n) is 2.19. The molecule has 0 aliphatic rings. The van der Waals surface area contributed by atoms with Gasteiger partial charge in [0.1, 0.15) is 5.82 Å². The highest BCUT2D eigenvalue weighted by atomic mass is 15.2. The molecule has 78 valence electrons. The molecule has 4 nitrogen and oxygen atoms in total. The summed E-state index contributed by atoms with van der Waals surface area (Å²) in [5, 5.41) is 11.1. The van der Waals surface area contributed by atoms with Crippen molar-refractivity contribution in [1.82, 2.24) is 10.2 Å². The van der Waals surface area contributed by atoms with Crippen LogP contribution in [0.5, 0.6) is 0 Å². The molecule has 14 heavy (non-hydrogen) atoms. The minimum atomic E-state index is 0.372. The minimum Gasteiger partial charge on any atom is -0.366 e. The summed E-state index contributed by atoms with van der Waals surface area (Å²) in [6, 6.07) is 4.16. The molecule has 0 spiro atoms. The number of nitrogens with zero attached hydrogens (tertiary/aromatic N) is 2. The minimum absolute atomic E-state index is 0.372. The summed E-state index contributed by atoms with van der Waals surface area (Å²) in [4.78, 5) is 0. The molecule has 1 aromatic heterocycles. The van der Waals surface area contributed by atoms with Gasteiger partial charge < -0.3 is 11.1 Å². The molecule has 0 aromatic carbocycles. The summed E-state index contributed by atoms with van der Waals surface area (Å²) < 4.78 is 0. The molecule has 1 atom stereocenters. The number of hydrogen-bond acceptors (Lipinski definition) is 4. The summed E-state index contributed by atoms with van der Waals surface area (Å²) in [5.41, 5.74) is 5.54. The van der Waals surface area contributed by atoms with Crippen LogP contribution in [0.4, 0.5) is 5.82 Å². The van der Waals surface area contributed by atoms with E-state index >= 15 is 0 Å². The summed E-state index contributed by atoms with van der Waals surface area (Å²) in [7, 11) is 0. The van der Waals surface area contributed by atoms with Gasteiger partial charge in [-0.3, -0.25) is 0 Å². The van der Waals surface area contributed by atoms with Crippen LogP contribution in [-0.4, -0.2) is 22.8 Å². The molecule has 0 saturated heterocycles. The Kier molecular flexibility index (Phi) is 4.32. The molecule has 0 amide bonds. The fourth-order valence-corrected chi connectivity index (χ4v) is 1.32. The lowest BCUT2D eigenvalue weighted by Crippen LogP contribution is -2.28. The lowest BCUT2D eigenvalue weighted by Gasteiger charge is -2.21. The van der Waals surface area contributed by atoms with E-state index in [9.17, 15) is 0 Å². The number of rotatable bonds is 5. The molecule has 0 aliphatic carbocycles. The largest absolute Gasteiger partial charge is 0.366 e. The van der Waals surface area contributed by atoms with Crippen LogP contribution >= 0.6 is 0 Å². The van der Waals surface area contributed by atoms with Gasteiger partial charge in [-0.25, -0.2) is 0 Å². The standard InChI is InChI=1S/C10H18N4/c1-8(2)9(5-6-11)13-10-4-3-7-12-14-10/h3-4,7-9H,5-6,11H2,1-2H3,(H,13,14). The zero-order valence-corrected chi connectivity index (χ0v) is 8.77. The van der Waals surface area contributed by atoms with Crippen LogP contribution in [-0.2, 0) is 0 Å². The molecule has 0 aliphatic heterocycles. The Hall–Kier alpha value is -1.16. The summed E-state index contributed by atoms with van der Waals surface area (Å²) in [6.07, 6.45) is 2.62. The van der Waals surface area contributed by atoms with Crippen LogP contribution in [0, 0.1) is 5.92 Å². The van der Waals surface area contributed by atoms with Gasteiger partial charge in [-0.1, -0.05) is 13.8 Å². The van der Waals surface area contributed by atoms with Crippen molar-refractivity contribution in [2.24, 2.45) is 11.7 Å². The summed E-state index contributed by atoms with van der Waals surface area (Å²) in [6.45, 7) is 5.03. The number of hydrogen-bond donors (Lipinski definition) is 2. The van der Waals surface area contributed by atoms with E-state index in [4.69, 9.17) is 5.73 Å². The smallest absolute Gasteiger partial charge is 0.148 e. The van der Waals surface area contributed by atoms with E-state index in [1.807, 2.05) is 12.1 Å². The van der Waals surface area contributed by atoms with Crippen molar-refractivity contribution < 1.29 is 0 Å². The van der Waals surface area contributed by atoms with Crippen LogP contribution in [0.15, 0.2) is 18.3 Å². The Bertz CT molecular complexity index is 248. The first-order valence-corrected chi connectivity index (χ1v) is 4.98. The number of nitrogens with two attached hydrogens (primary N) is 1. The van der Waals surface area contributed by atoms with Crippen LogP contribution in [0.3, 0.4) is 0 Å². The number of nitrogens with one attached hydrogen (secondary N) is 1. The second kappa shape index (κ2) is 5.54. The van der Waals surface area contributed by atoms with Gasteiger partial charge in [0.25, 0.3) is 0 Å². The Balaban J connectivity index is 2.55. The topological polar surface area (TPSA) is 63.8 Å². The molecule has 1 heterocycles. The van der Waals surface area contributed by atoms with Gasteiger partial charge >= 0.3 is 0 Å². The number of aromatic nitrogens is 2. The van der Waals surface area contributed by atoms with Gasteiger partial charge in [-0.05, 0) is 31.0 Å². The Labute approximate surface area is 84.9 Å². The van der Waals surface area contributed by atoms with Crippen molar-refractivity contribution in [3.63, 3.8) is 0 Å². The zero-order chi connectivity index (χ0) is 10.4. The van der Waals surface area contributed by atoms with Crippen molar-refractivity contribution in [3.8, 4) is 0 Å². The third kappa shape index (κ3) is 3.30. The second-order valence-electron chi connectivity index (χ2n) is 3.68. The first-order chi connectivity index (χ1) is 6.74. The van der Waals surface area contributed by atoms with E-state index in [1.54, 1.807) is 6.20 Å². The maximum absolute atomic E-state index is 5.54. The molecule has 1 unspecified atom stereocenters. The van der Waals surface area contributed by atoms with Gasteiger partial charge in [-0.2, -0.15) is 5.10 Å². The first kappa shape index (κ1) is 10.9. The van der Waals surface area contributed by atoms with Crippen molar-refractivity contribution in [3.05, 3.63) is 18.3 Å². The van der Waals surface area contributed by atoms with Crippen LogP contribution in [0.1, 0.15) is 20.3 Å². The van der Waals surface area contributed by atoms with E-state index in [1.165, 1.54) is 0 Å². The highest BCUT2D eigenvalue weighted by Gasteiger charge is 2.12.